The minimum Gasteiger partial charge on any atom is -0.504 e. The molecule has 8 rings (SSSR count). The summed E-state index contributed by atoms with van der Waals surface area (Å²) in [6.45, 7) is 8.01. The zero-order valence-corrected chi connectivity index (χ0v) is 30.0. The van der Waals surface area contributed by atoms with Crippen LogP contribution in [0.15, 0.2) is 54.1 Å². The number of ether oxygens (including phenoxy) is 1. The molecule has 6 atom stereocenters. The van der Waals surface area contributed by atoms with Gasteiger partial charge in [-0.25, -0.2) is 4.90 Å². The molecule has 2 aliphatic carbocycles. The van der Waals surface area contributed by atoms with Crippen LogP contribution in [0, 0.1) is 36.0 Å². The molecular formula is C38H37ClN4O6S. The van der Waals surface area contributed by atoms with Crippen molar-refractivity contribution in [3.05, 3.63) is 70.3 Å². The minimum atomic E-state index is -1.32. The fourth-order valence-electron chi connectivity index (χ4n) is 9.21. The Morgan fingerprint density at radius 1 is 1.06 bits per heavy atom. The van der Waals surface area contributed by atoms with Gasteiger partial charge in [0.1, 0.15) is 11.5 Å². The number of benzene rings is 2. The lowest BCUT2D eigenvalue weighted by molar-refractivity contribution is -0.140. The Labute approximate surface area is 298 Å². The van der Waals surface area contributed by atoms with E-state index in [9.17, 15) is 19.5 Å². The maximum Gasteiger partial charge on any atom is 0.242 e. The predicted octanol–water partition coefficient (Wildman–Crippen LogP) is 6.62. The summed E-state index contributed by atoms with van der Waals surface area (Å²) in [7, 11) is 1.72. The second-order valence-corrected chi connectivity index (χ2v) is 15.4. The number of carbonyl (C=O) groups is 4. The van der Waals surface area contributed by atoms with E-state index in [1.165, 1.54) is 9.80 Å². The standard InChI is InChI=1S/C38H37ClN4O6S/c1-6-42-34(45)21-13-12-20-24(30(21)36(42)47)16-25-35(46)43(37(48)38(25,4)31(20)22-9-8-10-27(32(22)44)49-7-2)29-17-26(40-41(29)5)33-18(3)23-15-19(39)11-14-28(23)50-33/h8-12,14-15,17,21,24-25,30-31,44H,6-7,13,16H2,1-5H3/t21-,24+,25-,30-,31+,38+/m0/s1. The first-order valence-corrected chi connectivity index (χ1v) is 18.2. The zero-order valence-electron chi connectivity index (χ0n) is 28.4. The lowest BCUT2D eigenvalue weighted by Gasteiger charge is -2.49. The third-order valence-electron chi connectivity index (χ3n) is 11.5. The number of nitrogens with zero attached hydrogens (tertiary/aromatic N) is 4. The van der Waals surface area contributed by atoms with Gasteiger partial charge in [-0.15, -0.1) is 11.3 Å². The van der Waals surface area contributed by atoms with Crippen molar-refractivity contribution in [3.63, 3.8) is 0 Å². The molecule has 2 aromatic heterocycles. The van der Waals surface area contributed by atoms with Gasteiger partial charge in [0.25, 0.3) is 0 Å². The van der Waals surface area contributed by atoms with Crippen LogP contribution in [0.1, 0.15) is 50.7 Å². The number of imide groups is 2. The third kappa shape index (κ3) is 4.35. The molecule has 10 nitrogen and oxygen atoms in total. The van der Waals surface area contributed by atoms with Crippen molar-refractivity contribution in [1.82, 2.24) is 14.7 Å². The van der Waals surface area contributed by atoms with Crippen LogP contribution in [-0.4, -0.2) is 56.6 Å². The van der Waals surface area contributed by atoms with Crippen molar-refractivity contribution >= 4 is 62.5 Å². The lowest BCUT2D eigenvalue weighted by Crippen LogP contribution is -2.49. The number of hydrogen-bond acceptors (Lipinski definition) is 8. The molecule has 2 aliphatic heterocycles. The number of halogens is 1. The van der Waals surface area contributed by atoms with Crippen molar-refractivity contribution in [1.29, 1.82) is 0 Å². The smallest absolute Gasteiger partial charge is 0.242 e. The number of amides is 4. The highest BCUT2D eigenvalue weighted by Crippen LogP contribution is 2.65. The van der Waals surface area contributed by atoms with E-state index in [-0.39, 0.29) is 42.2 Å². The van der Waals surface area contributed by atoms with Crippen LogP contribution in [0.2, 0.25) is 5.02 Å². The molecule has 258 valence electrons. The highest BCUT2D eigenvalue weighted by Gasteiger charge is 2.68. The fourth-order valence-corrected chi connectivity index (χ4v) is 10.5. The second kappa shape index (κ2) is 11.5. The SMILES string of the molecule is CCOc1cccc([C@H]2C3=CC[C@@H]4C(=O)N(CC)C(=O)[C@@H]4[C@@H]3C[C@H]3C(=O)N(c4cc(-c5sc6ccc(Cl)cc6c5C)nn4C)C(=O)[C@@]23C)c1O. The van der Waals surface area contributed by atoms with E-state index in [0.717, 1.165) is 26.1 Å². The zero-order chi connectivity index (χ0) is 35.4. The molecule has 50 heavy (non-hydrogen) atoms. The van der Waals surface area contributed by atoms with Crippen LogP contribution in [0.5, 0.6) is 11.5 Å². The number of anilines is 1. The Bertz CT molecular complexity index is 2190. The van der Waals surface area contributed by atoms with Crippen LogP contribution < -0.4 is 9.64 Å². The van der Waals surface area contributed by atoms with E-state index in [1.807, 2.05) is 38.1 Å². The molecule has 0 bridgehead atoms. The molecular weight excluding hydrogens is 676 g/mol. The first-order chi connectivity index (χ1) is 23.9. The molecule has 4 aromatic rings. The van der Waals surface area contributed by atoms with Crippen molar-refractivity contribution < 1.29 is 29.0 Å². The van der Waals surface area contributed by atoms with Crippen LogP contribution >= 0.6 is 22.9 Å². The Kier molecular flexibility index (Phi) is 7.54. The summed E-state index contributed by atoms with van der Waals surface area (Å²) in [5, 5.41) is 18.1. The van der Waals surface area contributed by atoms with E-state index >= 15 is 4.79 Å². The highest BCUT2D eigenvalue weighted by atomic mass is 35.5. The topological polar surface area (TPSA) is 122 Å². The maximum atomic E-state index is 15.0. The number of rotatable bonds is 6. The van der Waals surface area contributed by atoms with Gasteiger partial charge in [0.05, 0.1) is 34.7 Å². The number of phenolic OH excluding ortho intramolecular Hbond substituents is 1. The van der Waals surface area contributed by atoms with Gasteiger partial charge in [0, 0.05) is 40.9 Å². The van der Waals surface area contributed by atoms with E-state index in [1.54, 1.807) is 61.2 Å². The van der Waals surface area contributed by atoms with Crippen LogP contribution in [0.25, 0.3) is 20.7 Å². The number of fused-ring (bicyclic) bond motifs is 5. The molecule has 4 heterocycles. The number of thiophene rings is 1. The normalized spacial score (nSPS) is 27.6. The predicted molar refractivity (Wildman–Crippen MR) is 190 cm³/mol. The number of carbonyl (C=O) groups excluding carboxylic acids is 4. The highest BCUT2D eigenvalue weighted by molar-refractivity contribution is 7.22. The van der Waals surface area contributed by atoms with E-state index in [0.29, 0.717) is 35.1 Å². The molecule has 2 aromatic carbocycles. The van der Waals surface area contributed by atoms with E-state index in [4.69, 9.17) is 21.4 Å². The number of aromatic nitrogens is 2. The first-order valence-electron chi connectivity index (χ1n) is 17.0. The number of allylic oxidation sites excluding steroid dienone is 2. The van der Waals surface area contributed by atoms with Gasteiger partial charge in [-0.05, 0) is 81.7 Å². The molecule has 1 N–H and O–H groups in total. The number of hydrogen-bond donors (Lipinski definition) is 1. The summed E-state index contributed by atoms with van der Waals surface area (Å²) in [6, 6.07) is 12.7. The Hall–Kier alpha value is -4.48. The second-order valence-electron chi connectivity index (χ2n) is 13.9. The number of aromatic hydroxyl groups is 1. The largest absolute Gasteiger partial charge is 0.504 e. The molecule has 4 amide bonds. The molecule has 4 aliphatic rings. The van der Waals surface area contributed by atoms with Gasteiger partial charge < -0.3 is 9.84 Å². The van der Waals surface area contributed by atoms with Crippen molar-refractivity contribution in [2.45, 2.75) is 46.5 Å². The summed E-state index contributed by atoms with van der Waals surface area (Å²) in [6.07, 6.45) is 2.55. The summed E-state index contributed by atoms with van der Waals surface area (Å²) in [4.78, 5) is 60.4. The first kappa shape index (κ1) is 32.7. The van der Waals surface area contributed by atoms with E-state index in [2.05, 4.69) is 0 Å². The van der Waals surface area contributed by atoms with Crippen LogP contribution in [0.3, 0.4) is 0 Å². The molecule has 0 radical (unpaired) electrons. The Morgan fingerprint density at radius 2 is 1.84 bits per heavy atom. The Morgan fingerprint density at radius 3 is 2.58 bits per heavy atom. The quantitative estimate of drug-likeness (QED) is 0.176. The summed E-state index contributed by atoms with van der Waals surface area (Å²) in [5.41, 5.74) is 1.57. The lowest BCUT2D eigenvalue weighted by atomic mass is 9.51. The summed E-state index contributed by atoms with van der Waals surface area (Å²) < 4.78 is 8.37. The van der Waals surface area contributed by atoms with Crippen LogP contribution in [-0.2, 0) is 26.2 Å². The summed E-state index contributed by atoms with van der Waals surface area (Å²) >= 11 is 7.87. The van der Waals surface area contributed by atoms with Crippen LogP contribution in [0.4, 0.5) is 5.82 Å². The van der Waals surface area contributed by atoms with Gasteiger partial charge >= 0.3 is 0 Å². The van der Waals surface area contributed by atoms with Gasteiger partial charge in [0.2, 0.25) is 23.6 Å². The van der Waals surface area contributed by atoms with Gasteiger partial charge in [-0.1, -0.05) is 35.4 Å². The molecule has 0 spiro atoms. The molecule has 3 fully saturated rings. The average molecular weight is 713 g/mol. The van der Waals surface area contributed by atoms with Gasteiger partial charge in [-0.3, -0.25) is 28.8 Å². The fraction of sp³-hybridized carbons (Fsp3) is 0.395. The monoisotopic (exact) mass is 712 g/mol. The van der Waals surface area contributed by atoms with Crippen molar-refractivity contribution in [2.24, 2.45) is 36.1 Å². The van der Waals surface area contributed by atoms with Crippen molar-refractivity contribution in [3.8, 4) is 22.1 Å². The number of likely N-dealkylation sites (tertiary alicyclic amines) is 1. The number of phenols is 1. The number of aryl methyl sites for hydroxylation is 2. The molecule has 0 unspecified atom stereocenters. The van der Waals surface area contributed by atoms with E-state index < -0.39 is 40.9 Å². The molecule has 1 saturated carbocycles. The summed E-state index contributed by atoms with van der Waals surface area (Å²) in [5.74, 6) is -3.93. The maximum absolute atomic E-state index is 15.0. The number of para-hydroxylation sites is 1. The van der Waals surface area contributed by atoms with Crippen molar-refractivity contribution in [2.75, 3.05) is 18.1 Å². The van der Waals surface area contributed by atoms with Gasteiger partial charge in [0.15, 0.2) is 11.5 Å². The Balaban J connectivity index is 1.27. The third-order valence-corrected chi connectivity index (χ3v) is 13.1. The molecule has 12 heteroatoms. The molecule has 2 saturated heterocycles. The van der Waals surface area contributed by atoms with Gasteiger partial charge in [-0.2, -0.15) is 5.10 Å². The average Bonchev–Trinajstić information content (AvgIpc) is 3.76. The minimum absolute atomic E-state index is 0.103.